The molecule has 0 bridgehead atoms. The van der Waals surface area contributed by atoms with Gasteiger partial charge in [0.1, 0.15) is 11.5 Å². The van der Waals surface area contributed by atoms with E-state index in [1.54, 1.807) is 32.4 Å². The van der Waals surface area contributed by atoms with E-state index >= 15 is 0 Å². The maximum atomic E-state index is 12.7. The number of rotatable bonds is 6. The molecule has 28 heavy (non-hydrogen) atoms. The van der Waals surface area contributed by atoms with Crippen molar-refractivity contribution in [2.75, 3.05) is 50.6 Å². The van der Waals surface area contributed by atoms with E-state index in [2.05, 4.69) is 21.2 Å². The summed E-state index contributed by atoms with van der Waals surface area (Å²) >= 11 is 6.14. The Morgan fingerprint density at radius 2 is 1.82 bits per heavy atom. The smallest absolute Gasteiger partial charge is 0.241 e. The molecule has 1 aliphatic heterocycles. The van der Waals surface area contributed by atoms with Crippen molar-refractivity contribution in [1.29, 1.82) is 0 Å². The molecule has 0 radical (unpaired) electrons. The van der Waals surface area contributed by atoms with Gasteiger partial charge in [0, 0.05) is 43.6 Å². The summed E-state index contributed by atoms with van der Waals surface area (Å²) < 4.78 is 10.5. The van der Waals surface area contributed by atoms with Gasteiger partial charge in [-0.2, -0.15) is 0 Å². The number of anilines is 2. The zero-order chi connectivity index (χ0) is 20.1. The van der Waals surface area contributed by atoms with Crippen LogP contribution in [0.2, 0.25) is 5.02 Å². The highest BCUT2D eigenvalue weighted by molar-refractivity contribution is 6.32. The summed E-state index contributed by atoms with van der Waals surface area (Å²) in [4.78, 5) is 17.2. The van der Waals surface area contributed by atoms with E-state index in [1.165, 1.54) is 0 Å². The molecule has 0 saturated carbocycles. The van der Waals surface area contributed by atoms with Gasteiger partial charge >= 0.3 is 0 Å². The molecule has 7 heteroatoms. The van der Waals surface area contributed by atoms with Crippen LogP contribution in [0.15, 0.2) is 42.5 Å². The molecule has 3 rings (SSSR count). The van der Waals surface area contributed by atoms with Gasteiger partial charge in [0.25, 0.3) is 0 Å². The quantitative estimate of drug-likeness (QED) is 0.799. The summed E-state index contributed by atoms with van der Waals surface area (Å²) in [6.45, 7) is 5.28. The van der Waals surface area contributed by atoms with Crippen LogP contribution in [0.4, 0.5) is 11.4 Å². The molecule has 1 aliphatic rings. The highest BCUT2D eigenvalue weighted by atomic mass is 35.5. The Kier molecular flexibility index (Phi) is 6.65. The molecule has 0 spiro atoms. The molecule has 1 saturated heterocycles. The van der Waals surface area contributed by atoms with Crippen LogP contribution >= 0.6 is 11.6 Å². The average Bonchev–Trinajstić information content (AvgIpc) is 2.73. The second-order valence-electron chi connectivity index (χ2n) is 6.74. The minimum atomic E-state index is -0.228. The van der Waals surface area contributed by atoms with Crippen molar-refractivity contribution in [3.05, 3.63) is 47.5 Å². The van der Waals surface area contributed by atoms with Crippen LogP contribution in [0.25, 0.3) is 0 Å². The van der Waals surface area contributed by atoms with Crippen molar-refractivity contribution in [3.8, 4) is 11.5 Å². The Morgan fingerprint density at radius 3 is 2.46 bits per heavy atom. The molecule has 1 amide bonds. The van der Waals surface area contributed by atoms with Crippen molar-refractivity contribution in [2.24, 2.45) is 0 Å². The zero-order valence-electron chi connectivity index (χ0n) is 16.4. The van der Waals surface area contributed by atoms with E-state index in [0.717, 1.165) is 37.6 Å². The Hall–Kier alpha value is -2.44. The van der Waals surface area contributed by atoms with Gasteiger partial charge in [-0.3, -0.25) is 9.69 Å². The van der Waals surface area contributed by atoms with Gasteiger partial charge in [-0.05, 0) is 37.3 Å². The summed E-state index contributed by atoms with van der Waals surface area (Å²) in [5.74, 6) is 1.39. The monoisotopic (exact) mass is 403 g/mol. The number of hydrogen-bond donors (Lipinski definition) is 1. The second-order valence-corrected chi connectivity index (χ2v) is 7.15. The number of ether oxygens (including phenoxy) is 2. The molecular weight excluding hydrogens is 378 g/mol. The normalized spacial score (nSPS) is 15.8. The van der Waals surface area contributed by atoms with Crippen LogP contribution in [0.5, 0.6) is 11.5 Å². The zero-order valence-corrected chi connectivity index (χ0v) is 17.2. The molecular formula is C21H26ClN3O3. The average molecular weight is 404 g/mol. The third-order valence-corrected chi connectivity index (χ3v) is 5.37. The van der Waals surface area contributed by atoms with Crippen LogP contribution in [0.1, 0.15) is 6.92 Å². The van der Waals surface area contributed by atoms with E-state index in [0.29, 0.717) is 16.5 Å². The third-order valence-electron chi connectivity index (χ3n) is 5.08. The first-order valence-corrected chi connectivity index (χ1v) is 9.67. The lowest BCUT2D eigenvalue weighted by atomic mass is 10.2. The van der Waals surface area contributed by atoms with Crippen molar-refractivity contribution in [3.63, 3.8) is 0 Å². The molecule has 1 fully saturated rings. The maximum Gasteiger partial charge on any atom is 0.241 e. The van der Waals surface area contributed by atoms with Gasteiger partial charge in [0.2, 0.25) is 5.91 Å². The number of piperazine rings is 1. The Balaban J connectivity index is 1.56. The predicted octanol–water partition coefficient (Wildman–Crippen LogP) is 3.51. The van der Waals surface area contributed by atoms with Gasteiger partial charge in [0.15, 0.2) is 0 Å². The minimum absolute atomic E-state index is 0.0453. The summed E-state index contributed by atoms with van der Waals surface area (Å²) in [5.41, 5.74) is 1.81. The van der Waals surface area contributed by atoms with Crippen LogP contribution in [0.3, 0.4) is 0 Å². The molecule has 6 nitrogen and oxygen atoms in total. The second kappa shape index (κ2) is 9.17. The number of methoxy groups -OCH3 is 2. The molecule has 1 unspecified atom stereocenters. The molecule has 1 N–H and O–H groups in total. The fraction of sp³-hybridized carbons (Fsp3) is 0.381. The van der Waals surface area contributed by atoms with Crippen LogP contribution < -0.4 is 19.7 Å². The lowest BCUT2D eigenvalue weighted by molar-refractivity contribution is -0.120. The highest BCUT2D eigenvalue weighted by Gasteiger charge is 2.26. The van der Waals surface area contributed by atoms with E-state index in [-0.39, 0.29) is 11.9 Å². The number of hydrogen-bond acceptors (Lipinski definition) is 5. The van der Waals surface area contributed by atoms with E-state index < -0.39 is 0 Å². The van der Waals surface area contributed by atoms with Crippen molar-refractivity contribution >= 4 is 28.9 Å². The van der Waals surface area contributed by atoms with Gasteiger partial charge in [0.05, 0.1) is 25.3 Å². The molecule has 2 aromatic carbocycles. The summed E-state index contributed by atoms with van der Waals surface area (Å²) in [5, 5.41) is 3.41. The number of carbonyl (C=O) groups is 1. The third kappa shape index (κ3) is 4.69. The fourth-order valence-corrected chi connectivity index (χ4v) is 3.59. The first-order valence-electron chi connectivity index (χ1n) is 9.29. The molecule has 0 aromatic heterocycles. The number of benzene rings is 2. The fourth-order valence-electron chi connectivity index (χ4n) is 3.33. The topological polar surface area (TPSA) is 54.0 Å². The number of nitrogens with zero attached hydrogens (tertiary/aromatic N) is 2. The van der Waals surface area contributed by atoms with Crippen LogP contribution in [0, 0.1) is 0 Å². The molecule has 2 aromatic rings. The first kappa shape index (κ1) is 20.3. The Bertz CT molecular complexity index is 822. The molecule has 1 atom stereocenters. The molecule has 150 valence electrons. The molecule has 1 heterocycles. The number of carbonyl (C=O) groups excluding carboxylic acids is 1. The lowest BCUT2D eigenvalue weighted by Crippen LogP contribution is -2.52. The van der Waals surface area contributed by atoms with Gasteiger partial charge in [-0.25, -0.2) is 0 Å². The highest BCUT2D eigenvalue weighted by Crippen LogP contribution is 2.27. The molecule has 0 aliphatic carbocycles. The Morgan fingerprint density at radius 1 is 1.07 bits per heavy atom. The summed E-state index contributed by atoms with van der Waals surface area (Å²) in [6, 6.07) is 13.1. The minimum Gasteiger partial charge on any atom is -0.497 e. The number of amides is 1. The first-order chi connectivity index (χ1) is 13.5. The largest absolute Gasteiger partial charge is 0.497 e. The van der Waals surface area contributed by atoms with Gasteiger partial charge in [-0.15, -0.1) is 0 Å². The SMILES string of the molecule is COc1cccc(N2CCN(C(C)C(=O)Nc3ccc(OC)c(Cl)c3)CC2)c1. The Labute approximate surface area is 171 Å². The number of halogens is 1. The lowest BCUT2D eigenvalue weighted by Gasteiger charge is -2.38. The van der Waals surface area contributed by atoms with Gasteiger partial charge in [-0.1, -0.05) is 17.7 Å². The van der Waals surface area contributed by atoms with E-state index in [4.69, 9.17) is 21.1 Å². The summed E-state index contributed by atoms with van der Waals surface area (Å²) in [7, 11) is 3.24. The van der Waals surface area contributed by atoms with Crippen molar-refractivity contribution < 1.29 is 14.3 Å². The summed E-state index contributed by atoms with van der Waals surface area (Å²) in [6.07, 6.45) is 0. The van der Waals surface area contributed by atoms with Crippen LogP contribution in [-0.2, 0) is 4.79 Å². The van der Waals surface area contributed by atoms with Crippen molar-refractivity contribution in [1.82, 2.24) is 4.90 Å². The van der Waals surface area contributed by atoms with Crippen LogP contribution in [-0.4, -0.2) is 57.2 Å². The maximum absolute atomic E-state index is 12.7. The van der Waals surface area contributed by atoms with E-state index in [1.807, 2.05) is 25.1 Å². The van der Waals surface area contributed by atoms with E-state index in [9.17, 15) is 4.79 Å². The number of nitrogens with one attached hydrogen (secondary N) is 1. The van der Waals surface area contributed by atoms with Crippen molar-refractivity contribution in [2.45, 2.75) is 13.0 Å². The standard InChI is InChI=1S/C21H26ClN3O3/c1-15(21(26)23-16-7-8-20(28-3)19(22)13-16)24-9-11-25(12-10-24)17-5-4-6-18(14-17)27-2/h4-8,13-15H,9-12H2,1-3H3,(H,23,26). The predicted molar refractivity (Wildman–Crippen MR) is 113 cm³/mol. The van der Waals surface area contributed by atoms with Gasteiger partial charge < -0.3 is 19.7 Å².